The van der Waals surface area contributed by atoms with Crippen LogP contribution in [0, 0.1) is 11.3 Å². The molecule has 1 aromatic carbocycles. The van der Waals surface area contributed by atoms with Gasteiger partial charge >= 0.3 is 0 Å². The topological polar surface area (TPSA) is 61.6 Å². The van der Waals surface area contributed by atoms with Gasteiger partial charge in [0.05, 0.1) is 11.8 Å². The second kappa shape index (κ2) is 4.60. The van der Waals surface area contributed by atoms with Gasteiger partial charge in [0.25, 0.3) is 0 Å². The highest BCUT2D eigenvalue weighted by Gasteiger charge is 2.03. The summed E-state index contributed by atoms with van der Waals surface area (Å²) in [4.78, 5) is 0. The third-order valence-corrected chi connectivity index (χ3v) is 2.20. The van der Waals surface area contributed by atoms with Crippen molar-refractivity contribution < 1.29 is 0 Å². The van der Waals surface area contributed by atoms with Crippen LogP contribution in [0.2, 0.25) is 5.02 Å². The fraction of sp³-hybridized carbons (Fsp3) is 0. The molecule has 4 nitrogen and oxygen atoms in total. The molecule has 2 rings (SSSR count). The number of halogens is 1. The molecule has 16 heavy (non-hydrogen) atoms. The summed E-state index contributed by atoms with van der Waals surface area (Å²) in [6.45, 7) is 0. The number of anilines is 2. The molecule has 0 atom stereocenters. The summed E-state index contributed by atoms with van der Waals surface area (Å²) in [5.74, 6) is 0.437. The molecule has 78 valence electrons. The standard InChI is InChI=1S/C11H7ClN4/c12-9-1-3-10(4-2-9)15-11-8(7-13)5-6-14-16-11/h1-6H,(H,15,16). The van der Waals surface area contributed by atoms with Gasteiger partial charge in [0.1, 0.15) is 6.07 Å². The van der Waals surface area contributed by atoms with Crippen LogP contribution in [0.3, 0.4) is 0 Å². The van der Waals surface area contributed by atoms with E-state index in [-0.39, 0.29) is 0 Å². The molecule has 0 spiro atoms. The van der Waals surface area contributed by atoms with Gasteiger partial charge in [0.2, 0.25) is 0 Å². The van der Waals surface area contributed by atoms with Crippen molar-refractivity contribution in [2.75, 3.05) is 5.32 Å². The summed E-state index contributed by atoms with van der Waals surface area (Å²) in [7, 11) is 0. The maximum atomic E-state index is 8.86. The van der Waals surface area contributed by atoms with Crippen molar-refractivity contribution in [3.63, 3.8) is 0 Å². The second-order valence-electron chi connectivity index (χ2n) is 3.04. The number of benzene rings is 1. The predicted octanol–water partition coefficient (Wildman–Crippen LogP) is 2.75. The Morgan fingerprint density at radius 1 is 1.19 bits per heavy atom. The maximum Gasteiger partial charge on any atom is 0.171 e. The maximum absolute atomic E-state index is 8.86. The first kappa shape index (κ1) is 10.4. The quantitative estimate of drug-likeness (QED) is 0.862. The van der Waals surface area contributed by atoms with Crippen LogP contribution in [-0.4, -0.2) is 10.2 Å². The van der Waals surface area contributed by atoms with Gasteiger partial charge in [0, 0.05) is 10.7 Å². The van der Waals surface area contributed by atoms with Gasteiger partial charge in [0.15, 0.2) is 5.82 Å². The lowest BCUT2D eigenvalue weighted by molar-refractivity contribution is 1.03. The van der Waals surface area contributed by atoms with Crippen molar-refractivity contribution in [1.82, 2.24) is 10.2 Å². The molecular weight excluding hydrogens is 224 g/mol. The van der Waals surface area contributed by atoms with Gasteiger partial charge < -0.3 is 5.32 Å². The zero-order valence-electron chi connectivity index (χ0n) is 8.18. The van der Waals surface area contributed by atoms with E-state index in [1.54, 1.807) is 30.3 Å². The van der Waals surface area contributed by atoms with E-state index in [2.05, 4.69) is 15.5 Å². The molecular formula is C11H7ClN4. The number of aromatic nitrogens is 2. The fourth-order valence-electron chi connectivity index (χ4n) is 1.18. The minimum atomic E-state index is 0.437. The van der Waals surface area contributed by atoms with Gasteiger partial charge in [-0.3, -0.25) is 0 Å². The number of nitriles is 1. The Balaban J connectivity index is 2.27. The van der Waals surface area contributed by atoms with Crippen LogP contribution in [0.1, 0.15) is 5.56 Å². The summed E-state index contributed by atoms with van der Waals surface area (Å²) in [6.07, 6.45) is 1.48. The highest BCUT2D eigenvalue weighted by molar-refractivity contribution is 6.30. The van der Waals surface area contributed by atoms with Gasteiger partial charge in [-0.1, -0.05) is 11.6 Å². The fourth-order valence-corrected chi connectivity index (χ4v) is 1.31. The Hall–Kier alpha value is -2.12. The molecule has 0 saturated carbocycles. The summed E-state index contributed by atoms with van der Waals surface area (Å²) in [5, 5.41) is 20.1. The lowest BCUT2D eigenvalue weighted by Gasteiger charge is -2.05. The first-order chi connectivity index (χ1) is 7.79. The molecule has 0 unspecified atom stereocenters. The molecule has 0 bridgehead atoms. The predicted molar refractivity (Wildman–Crippen MR) is 61.5 cm³/mol. The van der Waals surface area contributed by atoms with E-state index in [0.717, 1.165) is 5.69 Å². The van der Waals surface area contributed by atoms with Crippen molar-refractivity contribution in [3.05, 3.63) is 47.1 Å². The Kier molecular flexibility index (Phi) is 2.99. The first-order valence-corrected chi connectivity index (χ1v) is 4.92. The molecule has 2 aromatic rings. The van der Waals surface area contributed by atoms with Crippen LogP contribution in [0.25, 0.3) is 0 Å². The summed E-state index contributed by atoms with van der Waals surface area (Å²) >= 11 is 5.77. The van der Waals surface area contributed by atoms with E-state index in [1.165, 1.54) is 6.20 Å². The zero-order valence-corrected chi connectivity index (χ0v) is 8.94. The van der Waals surface area contributed by atoms with Gasteiger partial charge in [-0.15, -0.1) is 5.10 Å². The molecule has 0 radical (unpaired) electrons. The monoisotopic (exact) mass is 230 g/mol. The Morgan fingerprint density at radius 3 is 2.62 bits per heavy atom. The molecule has 0 aliphatic rings. The Bertz CT molecular complexity index is 530. The van der Waals surface area contributed by atoms with Gasteiger partial charge in [-0.05, 0) is 30.3 Å². The average Bonchev–Trinajstić information content (AvgIpc) is 2.33. The number of nitrogens with one attached hydrogen (secondary N) is 1. The van der Waals surface area contributed by atoms with Crippen molar-refractivity contribution in [3.8, 4) is 6.07 Å². The van der Waals surface area contributed by atoms with Gasteiger partial charge in [-0.2, -0.15) is 10.4 Å². The third kappa shape index (κ3) is 2.27. The molecule has 0 aliphatic carbocycles. The zero-order chi connectivity index (χ0) is 11.4. The summed E-state index contributed by atoms with van der Waals surface area (Å²) in [6, 6.07) is 10.8. The lowest BCUT2D eigenvalue weighted by atomic mass is 10.3. The van der Waals surface area contributed by atoms with Crippen LogP contribution in [0.4, 0.5) is 11.5 Å². The minimum Gasteiger partial charge on any atom is -0.338 e. The van der Waals surface area contributed by atoms with E-state index in [9.17, 15) is 0 Å². The van der Waals surface area contributed by atoms with Crippen LogP contribution in [0.15, 0.2) is 36.5 Å². The normalized spacial score (nSPS) is 9.50. The number of hydrogen-bond donors (Lipinski definition) is 1. The van der Waals surface area contributed by atoms with Crippen LogP contribution in [-0.2, 0) is 0 Å². The molecule has 1 heterocycles. The van der Waals surface area contributed by atoms with E-state index in [0.29, 0.717) is 16.4 Å². The van der Waals surface area contributed by atoms with E-state index in [1.807, 2.05) is 6.07 Å². The number of nitrogens with zero attached hydrogens (tertiary/aromatic N) is 3. The summed E-state index contributed by atoms with van der Waals surface area (Å²) < 4.78 is 0. The average molecular weight is 231 g/mol. The van der Waals surface area contributed by atoms with E-state index < -0.39 is 0 Å². The summed E-state index contributed by atoms with van der Waals surface area (Å²) in [5.41, 5.74) is 1.26. The highest BCUT2D eigenvalue weighted by atomic mass is 35.5. The lowest BCUT2D eigenvalue weighted by Crippen LogP contribution is -1.97. The highest BCUT2D eigenvalue weighted by Crippen LogP contribution is 2.19. The SMILES string of the molecule is N#Cc1ccnnc1Nc1ccc(Cl)cc1. The van der Waals surface area contributed by atoms with E-state index >= 15 is 0 Å². The number of rotatable bonds is 2. The molecule has 0 saturated heterocycles. The largest absolute Gasteiger partial charge is 0.338 e. The first-order valence-electron chi connectivity index (χ1n) is 4.54. The van der Waals surface area contributed by atoms with E-state index in [4.69, 9.17) is 16.9 Å². The molecule has 5 heteroatoms. The second-order valence-corrected chi connectivity index (χ2v) is 3.47. The van der Waals surface area contributed by atoms with Crippen molar-refractivity contribution in [1.29, 1.82) is 5.26 Å². The van der Waals surface area contributed by atoms with Crippen LogP contribution >= 0.6 is 11.6 Å². The number of hydrogen-bond acceptors (Lipinski definition) is 4. The molecule has 0 amide bonds. The smallest absolute Gasteiger partial charge is 0.171 e. The molecule has 0 aliphatic heterocycles. The van der Waals surface area contributed by atoms with Crippen LogP contribution < -0.4 is 5.32 Å². The van der Waals surface area contributed by atoms with Crippen LogP contribution in [0.5, 0.6) is 0 Å². The minimum absolute atomic E-state index is 0.437. The van der Waals surface area contributed by atoms with Crippen molar-refractivity contribution in [2.45, 2.75) is 0 Å². The Morgan fingerprint density at radius 2 is 1.94 bits per heavy atom. The molecule has 1 N–H and O–H groups in total. The Labute approximate surface area is 97.5 Å². The molecule has 1 aromatic heterocycles. The van der Waals surface area contributed by atoms with Gasteiger partial charge in [-0.25, -0.2) is 0 Å². The van der Waals surface area contributed by atoms with Crippen molar-refractivity contribution >= 4 is 23.1 Å². The molecule has 0 fully saturated rings. The third-order valence-electron chi connectivity index (χ3n) is 1.95. The van der Waals surface area contributed by atoms with Crippen molar-refractivity contribution in [2.24, 2.45) is 0 Å².